The summed E-state index contributed by atoms with van der Waals surface area (Å²) in [5, 5.41) is 9.84. The van der Waals surface area contributed by atoms with Crippen molar-refractivity contribution in [3.63, 3.8) is 0 Å². The van der Waals surface area contributed by atoms with E-state index >= 15 is 0 Å². The number of hydrogen-bond donors (Lipinski definition) is 1. The van der Waals surface area contributed by atoms with Crippen LogP contribution in [-0.2, 0) is 4.79 Å². The number of aliphatic hydroxyl groups excluding tert-OH is 1. The van der Waals surface area contributed by atoms with E-state index in [9.17, 15) is 14.7 Å². The molecule has 1 aliphatic carbocycles. The van der Waals surface area contributed by atoms with Crippen molar-refractivity contribution in [2.75, 3.05) is 38.6 Å². The van der Waals surface area contributed by atoms with Crippen molar-refractivity contribution in [3.8, 4) is 11.1 Å². The van der Waals surface area contributed by atoms with Gasteiger partial charge < -0.3 is 19.8 Å². The molecule has 2 aromatic heterocycles. The maximum Gasteiger partial charge on any atom is 0.271 e. The first-order chi connectivity index (χ1) is 16.9. The van der Waals surface area contributed by atoms with Crippen LogP contribution in [0.1, 0.15) is 55.4 Å². The second-order valence-corrected chi connectivity index (χ2v) is 10.4. The molecule has 2 saturated heterocycles. The Morgan fingerprint density at radius 3 is 2.37 bits per heavy atom. The number of aromatic nitrogens is 3. The monoisotopic (exact) mass is 478 g/mol. The molecule has 35 heavy (non-hydrogen) atoms. The molecule has 186 valence electrons. The van der Waals surface area contributed by atoms with Crippen molar-refractivity contribution in [3.05, 3.63) is 36.4 Å². The van der Waals surface area contributed by atoms with Crippen molar-refractivity contribution >= 4 is 17.8 Å². The smallest absolute Gasteiger partial charge is 0.271 e. The van der Waals surface area contributed by atoms with E-state index in [-0.39, 0.29) is 29.4 Å². The third-order valence-corrected chi connectivity index (χ3v) is 7.87. The molecule has 2 amide bonds. The molecule has 0 unspecified atom stereocenters. The van der Waals surface area contributed by atoms with E-state index in [0.29, 0.717) is 18.2 Å². The number of carbonyl (C=O) groups excluding carboxylic acids is 2. The first-order valence-corrected chi connectivity index (χ1v) is 12.6. The zero-order valence-corrected chi connectivity index (χ0v) is 20.6. The Kier molecular flexibility index (Phi) is 6.44. The first kappa shape index (κ1) is 23.7. The topological polar surface area (TPSA) is 103 Å². The number of amides is 2. The number of likely N-dealkylation sites (tertiary alicyclic amines) is 1. The predicted octanol–water partition coefficient (Wildman–Crippen LogP) is 2.36. The highest BCUT2D eigenvalue weighted by atomic mass is 16.3. The lowest BCUT2D eigenvalue weighted by Gasteiger charge is -2.40. The summed E-state index contributed by atoms with van der Waals surface area (Å²) in [4.78, 5) is 44.9. The van der Waals surface area contributed by atoms with Crippen molar-refractivity contribution in [2.24, 2.45) is 5.41 Å². The third-order valence-electron chi connectivity index (χ3n) is 7.87. The fourth-order valence-corrected chi connectivity index (χ4v) is 5.80. The van der Waals surface area contributed by atoms with Crippen molar-refractivity contribution < 1.29 is 14.7 Å². The van der Waals surface area contributed by atoms with Crippen LogP contribution in [0.3, 0.4) is 0 Å². The van der Waals surface area contributed by atoms with Gasteiger partial charge >= 0.3 is 0 Å². The third kappa shape index (κ3) is 4.61. The average Bonchev–Trinajstić information content (AvgIpc) is 3.19. The van der Waals surface area contributed by atoms with Gasteiger partial charge in [0.15, 0.2) is 0 Å². The summed E-state index contributed by atoms with van der Waals surface area (Å²) >= 11 is 0. The Hall–Kier alpha value is -3.07. The van der Waals surface area contributed by atoms with Crippen LogP contribution in [0.15, 0.2) is 30.7 Å². The maximum absolute atomic E-state index is 13.6. The molecule has 0 bridgehead atoms. The molecule has 3 aliphatic rings. The molecule has 2 aromatic rings. The van der Waals surface area contributed by atoms with Crippen LogP contribution < -0.4 is 4.90 Å². The normalized spacial score (nSPS) is 26.9. The van der Waals surface area contributed by atoms with Gasteiger partial charge in [-0.05, 0) is 51.0 Å². The van der Waals surface area contributed by atoms with E-state index in [1.54, 1.807) is 38.8 Å². The van der Waals surface area contributed by atoms with Gasteiger partial charge in [0.1, 0.15) is 5.69 Å². The molecular formula is C26H34N6O3. The summed E-state index contributed by atoms with van der Waals surface area (Å²) in [5.74, 6) is 0.786. The van der Waals surface area contributed by atoms with E-state index in [4.69, 9.17) is 0 Å². The van der Waals surface area contributed by atoms with Crippen LogP contribution in [-0.4, -0.2) is 87.5 Å². The van der Waals surface area contributed by atoms with Crippen LogP contribution >= 0.6 is 0 Å². The zero-order chi connectivity index (χ0) is 24.6. The number of pyridine rings is 1. The lowest BCUT2D eigenvalue weighted by molar-refractivity contribution is -0.139. The number of piperidine rings is 1. The minimum atomic E-state index is -0.352. The summed E-state index contributed by atoms with van der Waals surface area (Å²) in [6, 6.07) is 3.84. The average molecular weight is 479 g/mol. The second kappa shape index (κ2) is 9.53. The molecule has 4 heterocycles. The van der Waals surface area contributed by atoms with E-state index in [0.717, 1.165) is 69.2 Å². The maximum atomic E-state index is 13.6. The second-order valence-electron chi connectivity index (χ2n) is 10.4. The summed E-state index contributed by atoms with van der Waals surface area (Å²) in [6.07, 6.45) is 11.1. The standard InChI is InChI=1S/C26H34N6O3/c1-30(2)23(34)22-9-4-18(14-27-22)19-15-28-25(29-16-19)31-12-3-10-26(17-31)11-13-32(24(26)35)20-5-7-21(33)8-6-20/h4,9,14-16,20-21,33H,3,5-8,10-13,17H2,1-2H3/t20-,21+,26-/m1/s1. The summed E-state index contributed by atoms with van der Waals surface area (Å²) in [6.45, 7) is 2.30. The van der Waals surface area contributed by atoms with Gasteiger partial charge in [-0.3, -0.25) is 14.6 Å². The lowest BCUT2D eigenvalue weighted by Crippen LogP contribution is -2.50. The largest absolute Gasteiger partial charge is 0.393 e. The molecule has 2 aliphatic heterocycles. The molecular weight excluding hydrogens is 444 g/mol. The van der Waals surface area contributed by atoms with Gasteiger partial charge in [-0.2, -0.15) is 0 Å². The molecule has 0 radical (unpaired) electrons. The Morgan fingerprint density at radius 1 is 1.00 bits per heavy atom. The van der Waals surface area contributed by atoms with Crippen LogP contribution in [0.2, 0.25) is 0 Å². The Labute approximate surface area is 206 Å². The highest BCUT2D eigenvalue weighted by molar-refractivity contribution is 5.92. The number of nitrogens with zero attached hydrogens (tertiary/aromatic N) is 6. The SMILES string of the molecule is CN(C)C(=O)c1ccc(-c2cnc(N3CCC[C@@]4(CCN([C@H]5CC[C@@H](O)CC5)C4=O)C3)nc2)cn1. The Balaban J connectivity index is 1.26. The quantitative estimate of drug-likeness (QED) is 0.720. The van der Waals surface area contributed by atoms with Gasteiger partial charge in [0.05, 0.1) is 11.5 Å². The summed E-state index contributed by atoms with van der Waals surface area (Å²) in [7, 11) is 3.40. The van der Waals surface area contributed by atoms with Gasteiger partial charge in [-0.1, -0.05) is 6.07 Å². The molecule has 1 saturated carbocycles. The van der Waals surface area contributed by atoms with Crippen molar-refractivity contribution in [2.45, 2.75) is 57.1 Å². The number of aliphatic hydroxyl groups is 1. The number of rotatable bonds is 4. The zero-order valence-electron chi connectivity index (χ0n) is 20.6. The van der Waals surface area contributed by atoms with Gasteiger partial charge in [-0.15, -0.1) is 0 Å². The predicted molar refractivity (Wildman–Crippen MR) is 132 cm³/mol. The van der Waals surface area contributed by atoms with Crippen LogP contribution in [0.5, 0.6) is 0 Å². The van der Waals surface area contributed by atoms with Gasteiger partial charge in [-0.25, -0.2) is 9.97 Å². The van der Waals surface area contributed by atoms with Gasteiger partial charge in [0.25, 0.3) is 5.91 Å². The van der Waals surface area contributed by atoms with Crippen molar-refractivity contribution in [1.29, 1.82) is 0 Å². The number of hydrogen-bond acceptors (Lipinski definition) is 7. The van der Waals surface area contributed by atoms with Gasteiger partial charge in [0, 0.05) is 69.5 Å². The Bertz CT molecular complexity index is 1070. The fraction of sp³-hybridized carbons (Fsp3) is 0.577. The van der Waals surface area contributed by atoms with E-state index in [1.807, 2.05) is 6.07 Å². The molecule has 9 heteroatoms. The highest BCUT2D eigenvalue weighted by Gasteiger charge is 2.51. The molecule has 1 spiro atoms. The molecule has 9 nitrogen and oxygen atoms in total. The first-order valence-electron chi connectivity index (χ1n) is 12.6. The van der Waals surface area contributed by atoms with E-state index in [2.05, 4.69) is 24.8 Å². The van der Waals surface area contributed by atoms with Crippen LogP contribution in [0.4, 0.5) is 5.95 Å². The molecule has 5 rings (SSSR count). The number of carbonyl (C=O) groups is 2. The molecule has 0 aromatic carbocycles. The molecule has 3 fully saturated rings. The minimum Gasteiger partial charge on any atom is -0.393 e. The van der Waals surface area contributed by atoms with Crippen LogP contribution in [0, 0.1) is 5.41 Å². The number of anilines is 1. The van der Waals surface area contributed by atoms with Crippen molar-refractivity contribution in [1.82, 2.24) is 24.8 Å². The van der Waals surface area contributed by atoms with E-state index < -0.39 is 0 Å². The molecule has 1 atom stereocenters. The summed E-state index contributed by atoms with van der Waals surface area (Å²) < 4.78 is 0. The summed E-state index contributed by atoms with van der Waals surface area (Å²) in [5.41, 5.74) is 1.73. The fourth-order valence-electron chi connectivity index (χ4n) is 5.80. The minimum absolute atomic E-state index is 0.136. The lowest BCUT2D eigenvalue weighted by atomic mass is 9.78. The van der Waals surface area contributed by atoms with Crippen LogP contribution in [0.25, 0.3) is 11.1 Å². The highest BCUT2D eigenvalue weighted by Crippen LogP contribution is 2.43. The van der Waals surface area contributed by atoms with Gasteiger partial charge in [0.2, 0.25) is 11.9 Å². The molecule has 1 N–H and O–H groups in total. The van der Waals surface area contributed by atoms with E-state index in [1.165, 1.54) is 4.90 Å². The Morgan fingerprint density at radius 2 is 1.71 bits per heavy atom.